The fourth-order valence-corrected chi connectivity index (χ4v) is 2.89. The van der Waals surface area contributed by atoms with Gasteiger partial charge in [-0.25, -0.2) is 0 Å². The molecule has 0 aromatic carbocycles. The molecule has 0 rings (SSSR count). The molecule has 8 heteroatoms. The van der Waals surface area contributed by atoms with Gasteiger partial charge in [0.15, 0.2) is 0 Å². The SMILES string of the molecule is CCCCCCCCCCCCOC(C)(C)CCOC(C)(C)P(=O)([O-])[O-].[Na+].[Na+]. The summed E-state index contributed by atoms with van der Waals surface area (Å²) >= 11 is 0. The first-order valence-electron chi connectivity index (χ1n) is 10.3. The predicted molar refractivity (Wildman–Crippen MR) is 104 cm³/mol. The third-order valence-corrected chi connectivity index (χ3v) is 6.26. The first-order chi connectivity index (χ1) is 12.0. The van der Waals surface area contributed by atoms with Gasteiger partial charge in [-0.3, -0.25) is 0 Å². The molecule has 0 fully saturated rings. The number of ether oxygens (including phenoxy) is 2. The van der Waals surface area contributed by atoms with E-state index < -0.39 is 12.9 Å². The third-order valence-electron chi connectivity index (χ3n) is 4.81. The van der Waals surface area contributed by atoms with Crippen molar-refractivity contribution >= 4 is 7.60 Å². The molecule has 0 atom stereocenters. The Bertz CT molecular complexity index is 400. The zero-order valence-electron chi connectivity index (χ0n) is 19.7. The predicted octanol–water partition coefficient (Wildman–Crippen LogP) is -1.23. The molecule has 0 aliphatic heterocycles. The minimum absolute atomic E-state index is 0. The molecule has 158 valence electrons. The molecule has 0 aromatic heterocycles. The topological polar surface area (TPSA) is 81.7 Å². The Morgan fingerprint density at radius 2 is 1.14 bits per heavy atom. The molecule has 0 spiro atoms. The minimum atomic E-state index is -4.76. The van der Waals surface area contributed by atoms with Gasteiger partial charge in [-0.1, -0.05) is 64.7 Å². The fraction of sp³-hybridized carbons (Fsp3) is 1.00. The van der Waals surface area contributed by atoms with Crippen LogP contribution in [-0.4, -0.2) is 24.2 Å². The molecule has 0 N–H and O–H groups in total. The minimum Gasteiger partial charge on any atom is -0.809 e. The van der Waals surface area contributed by atoms with Gasteiger partial charge >= 0.3 is 59.1 Å². The van der Waals surface area contributed by atoms with E-state index in [1.54, 1.807) is 0 Å². The van der Waals surface area contributed by atoms with E-state index in [2.05, 4.69) is 6.92 Å². The Hall–Kier alpha value is 2.07. The molecule has 0 aromatic rings. The summed E-state index contributed by atoms with van der Waals surface area (Å²) in [7, 11) is -4.76. The molecule has 0 unspecified atom stereocenters. The standard InChI is InChI=1S/C20H43O5P.2Na/c1-6-7-8-9-10-11-12-13-14-15-17-24-19(2,3)16-18-25-20(4,5)26(21,22)23;;/h6-18H2,1-5H3,(H2,21,22,23);;/q;2*+1/p-2. The second-order valence-electron chi connectivity index (χ2n) is 8.33. The maximum Gasteiger partial charge on any atom is 1.00 e. The van der Waals surface area contributed by atoms with Crippen LogP contribution in [0.25, 0.3) is 0 Å². The van der Waals surface area contributed by atoms with Gasteiger partial charge in [0.25, 0.3) is 0 Å². The smallest absolute Gasteiger partial charge is 0.809 e. The van der Waals surface area contributed by atoms with Crippen LogP contribution in [0.3, 0.4) is 0 Å². The van der Waals surface area contributed by atoms with Crippen LogP contribution < -0.4 is 68.9 Å². The zero-order chi connectivity index (χ0) is 20.1. The van der Waals surface area contributed by atoms with Crippen molar-refractivity contribution in [2.24, 2.45) is 0 Å². The van der Waals surface area contributed by atoms with Crippen LogP contribution in [0.4, 0.5) is 0 Å². The second kappa shape index (κ2) is 18.6. The van der Waals surface area contributed by atoms with Crippen molar-refractivity contribution < 1.29 is 82.9 Å². The van der Waals surface area contributed by atoms with Crippen LogP contribution in [0.1, 0.15) is 105 Å². The molecule has 0 amide bonds. The van der Waals surface area contributed by atoms with Gasteiger partial charge in [0.2, 0.25) is 0 Å². The summed E-state index contributed by atoms with van der Waals surface area (Å²) in [6, 6.07) is 0. The average molecular weight is 438 g/mol. The molecule has 0 radical (unpaired) electrons. The number of rotatable bonds is 17. The first-order valence-corrected chi connectivity index (χ1v) is 11.9. The molecule has 0 heterocycles. The van der Waals surface area contributed by atoms with Crippen molar-refractivity contribution in [1.29, 1.82) is 0 Å². The Morgan fingerprint density at radius 3 is 1.57 bits per heavy atom. The van der Waals surface area contributed by atoms with E-state index in [9.17, 15) is 14.4 Å². The Balaban J connectivity index is -0.00000312. The summed E-state index contributed by atoms with van der Waals surface area (Å²) in [6.45, 7) is 9.66. The largest absolute Gasteiger partial charge is 1.00 e. The molecule has 5 nitrogen and oxygen atoms in total. The first kappa shape index (κ1) is 34.7. The van der Waals surface area contributed by atoms with Crippen molar-refractivity contribution in [3.63, 3.8) is 0 Å². The summed E-state index contributed by atoms with van der Waals surface area (Å²) in [5.74, 6) is 0. The monoisotopic (exact) mass is 438 g/mol. The van der Waals surface area contributed by atoms with Crippen molar-refractivity contribution in [1.82, 2.24) is 0 Å². The van der Waals surface area contributed by atoms with E-state index in [0.717, 1.165) is 6.42 Å². The van der Waals surface area contributed by atoms with Gasteiger partial charge < -0.3 is 23.8 Å². The van der Waals surface area contributed by atoms with Crippen LogP contribution in [-0.2, 0) is 14.0 Å². The van der Waals surface area contributed by atoms with E-state index in [4.69, 9.17) is 9.47 Å². The summed E-state index contributed by atoms with van der Waals surface area (Å²) in [6.07, 6.45) is 13.5. The summed E-state index contributed by atoms with van der Waals surface area (Å²) < 4.78 is 22.3. The zero-order valence-corrected chi connectivity index (χ0v) is 24.6. The summed E-state index contributed by atoms with van der Waals surface area (Å²) in [5.41, 5.74) is -0.384. The fourth-order valence-electron chi connectivity index (χ4n) is 2.64. The normalized spacial score (nSPS) is 12.4. The summed E-state index contributed by atoms with van der Waals surface area (Å²) in [5, 5.41) is -1.67. The van der Waals surface area contributed by atoms with E-state index in [1.165, 1.54) is 71.6 Å². The summed E-state index contributed by atoms with van der Waals surface area (Å²) in [4.78, 5) is 22.2. The van der Waals surface area contributed by atoms with Crippen molar-refractivity contribution in [3.8, 4) is 0 Å². The molecule has 28 heavy (non-hydrogen) atoms. The molecule has 0 saturated carbocycles. The molecule has 0 saturated heterocycles. The van der Waals surface area contributed by atoms with E-state index in [-0.39, 0.29) is 71.3 Å². The van der Waals surface area contributed by atoms with Gasteiger partial charge in [0.1, 0.15) is 0 Å². The van der Waals surface area contributed by atoms with Gasteiger partial charge in [0.05, 0.1) is 17.6 Å². The number of hydrogen-bond donors (Lipinski definition) is 0. The third kappa shape index (κ3) is 18.8. The molecule has 0 aliphatic carbocycles. The molecular formula is C20H41Na2O5P. The molecule has 0 bridgehead atoms. The van der Waals surface area contributed by atoms with Crippen LogP contribution in [0.5, 0.6) is 0 Å². The van der Waals surface area contributed by atoms with E-state index in [1.807, 2.05) is 13.8 Å². The van der Waals surface area contributed by atoms with Gasteiger partial charge in [-0.15, -0.1) is 0 Å². The molecule has 0 aliphatic rings. The van der Waals surface area contributed by atoms with Crippen molar-refractivity contribution in [2.45, 2.75) is 116 Å². The van der Waals surface area contributed by atoms with Crippen molar-refractivity contribution in [2.75, 3.05) is 13.2 Å². The quantitative estimate of drug-likeness (QED) is 0.161. The van der Waals surface area contributed by atoms with Crippen LogP contribution in [0, 0.1) is 0 Å². The van der Waals surface area contributed by atoms with E-state index >= 15 is 0 Å². The Kier molecular flexibility index (Phi) is 23.1. The van der Waals surface area contributed by atoms with Gasteiger partial charge in [-0.05, 0) is 48.1 Å². The Morgan fingerprint density at radius 1 is 0.714 bits per heavy atom. The maximum absolute atomic E-state index is 11.1. The van der Waals surface area contributed by atoms with Crippen molar-refractivity contribution in [3.05, 3.63) is 0 Å². The average Bonchev–Trinajstić information content (AvgIpc) is 2.51. The van der Waals surface area contributed by atoms with E-state index in [0.29, 0.717) is 13.0 Å². The number of hydrogen-bond acceptors (Lipinski definition) is 5. The maximum atomic E-state index is 11.1. The van der Waals surface area contributed by atoms with Crippen LogP contribution in [0.2, 0.25) is 0 Å². The second-order valence-corrected chi connectivity index (χ2v) is 10.4. The van der Waals surface area contributed by atoms with Crippen LogP contribution in [0.15, 0.2) is 0 Å². The van der Waals surface area contributed by atoms with Gasteiger partial charge in [-0.2, -0.15) is 0 Å². The molecular weight excluding hydrogens is 397 g/mol. The van der Waals surface area contributed by atoms with Gasteiger partial charge in [0, 0.05) is 6.61 Å². The van der Waals surface area contributed by atoms with Crippen LogP contribution >= 0.6 is 7.60 Å². The Labute approximate surface area is 218 Å². The number of unbranched alkanes of at least 4 members (excludes halogenated alkanes) is 9.